The zero-order valence-electron chi connectivity index (χ0n) is 10.0. The highest BCUT2D eigenvalue weighted by atomic mass is 13.8. The van der Waals surface area contributed by atoms with Crippen LogP contribution in [-0.2, 0) is 0 Å². The number of hydrogen-bond donors (Lipinski definition) is 0. The molecule has 0 aromatic rings. The summed E-state index contributed by atoms with van der Waals surface area (Å²) in [6, 6.07) is 0. The first-order valence-electron chi connectivity index (χ1n) is 5.78. The van der Waals surface area contributed by atoms with Gasteiger partial charge in [0.1, 0.15) is 0 Å². The first-order chi connectivity index (χ1) is 7.85. The SMILES string of the molecule is [B][B][B][B][B]B([B][B][B][B])C=CCCCC. The minimum Gasteiger partial charge on any atom is -0.138 e. The van der Waals surface area contributed by atoms with Gasteiger partial charge in [0.15, 0.2) is 0 Å². The maximum Gasteiger partial charge on any atom is 0.0708 e. The van der Waals surface area contributed by atoms with Crippen molar-refractivity contribution < 1.29 is 0 Å². The van der Waals surface area contributed by atoms with Crippen molar-refractivity contribution in [2.24, 2.45) is 0 Å². The molecule has 11 radical (unpaired) electrons. The van der Waals surface area contributed by atoms with Crippen molar-refractivity contribution in [1.82, 2.24) is 0 Å². The third kappa shape index (κ3) is 10.9. The van der Waals surface area contributed by atoms with E-state index >= 15 is 0 Å². The molecular formula is C6H11B10. The molecule has 0 aliphatic carbocycles. The second-order valence-corrected chi connectivity index (χ2v) is 3.49. The molecule has 0 heterocycles. The van der Waals surface area contributed by atoms with Gasteiger partial charge in [-0.05, 0) is 6.42 Å². The quantitative estimate of drug-likeness (QED) is 0.273. The Morgan fingerprint density at radius 3 is 2.38 bits per heavy atom. The predicted octanol–water partition coefficient (Wildman–Crippen LogP) is -1.57. The van der Waals surface area contributed by atoms with Crippen molar-refractivity contribution in [3.8, 4) is 0 Å². The van der Waals surface area contributed by atoms with Gasteiger partial charge in [0.25, 0.3) is 0 Å². The number of rotatable bonds is 11. The van der Waals surface area contributed by atoms with Crippen LogP contribution in [0.1, 0.15) is 26.2 Å². The average molecular weight is 191 g/mol. The third-order valence-corrected chi connectivity index (χ3v) is 2.08. The minimum absolute atomic E-state index is 0.285. The van der Waals surface area contributed by atoms with Crippen LogP contribution in [0.15, 0.2) is 12.1 Å². The Labute approximate surface area is 110 Å². The van der Waals surface area contributed by atoms with Crippen molar-refractivity contribution in [3.63, 3.8) is 0 Å². The van der Waals surface area contributed by atoms with E-state index in [1.54, 1.807) is 7.06 Å². The van der Waals surface area contributed by atoms with Crippen LogP contribution in [-0.4, -0.2) is 71.4 Å². The van der Waals surface area contributed by atoms with Gasteiger partial charge in [0, 0.05) is 64.9 Å². The molecule has 0 aliphatic heterocycles. The zero-order chi connectivity index (χ0) is 12.1. The first-order valence-corrected chi connectivity index (χ1v) is 5.78. The molecule has 0 nitrogen and oxygen atoms in total. The van der Waals surface area contributed by atoms with Crippen molar-refractivity contribution in [2.75, 3.05) is 0 Å². The van der Waals surface area contributed by atoms with E-state index in [1.807, 2.05) is 28.2 Å². The lowest BCUT2D eigenvalue weighted by Gasteiger charge is -2.06. The molecule has 0 amide bonds. The molecule has 0 spiro atoms. The molecule has 0 rings (SSSR count). The van der Waals surface area contributed by atoms with Crippen LogP contribution in [0.4, 0.5) is 0 Å². The normalized spacial score (nSPS) is 9.31. The highest BCUT2D eigenvalue weighted by molar-refractivity contribution is 7.73. The van der Waals surface area contributed by atoms with Crippen LogP contribution >= 0.6 is 0 Å². The average Bonchev–Trinajstić information content (AvgIpc) is 2.31. The van der Waals surface area contributed by atoms with Crippen molar-refractivity contribution in [3.05, 3.63) is 12.1 Å². The van der Waals surface area contributed by atoms with Crippen LogP contribution in [0, 0.1) is 0 Å². The lowest BCUT2D eigenvalue weighted by atomic mass is 8.82. The molecule has 65 valence electrons. The molecule has 0 atom stereocenters. The summed E-state index contributed by atoms with van der Waals surface area (Å²) in [5.74, 6) is 2.18. The summed E-state index contributed by atoms with van der Waals surface area (Å²) in [5.41, 5.74) is 0. The van der Waals surface area contributed by atoms with Crippen LogP contribution in [0.3, 0.4) is 0 Å². The summed E-state index contributed by atoms with van der Waals surface area (Å²) in [6.07, 6.45) is 5.81. The topological polar surface area (TPSA) is 0 Å². The van der Waals surface area contributed by atoms with E-state index in [0.717, 1.165) is 6.42 Å². The lowest BCUT2D eigenvalue weighted by Crippen LogP contribution is -2.40. The maximum absolute atomic E-state index is 5.31. The summed E-state index contributed by atoms with van der Waals surface area (Å²) in [4.78, 5) is 0. The van der Waals surface area contributed by atoms with E-state index in [2.05, 4.69) is 26.0 Å². The molecule has 16 heavy (non-hydrogen) atoms. The second kappa shape index (κ2) is 13.5. The largest absolute Gasteiger partial charge is 0.138 e. The molecule has 0 aromatic carbocycles. The van der Waals surface area contributed by atoms with Gasteiger partial charge in [0.05, 0.1) is 6.49 Å². The lowest BCUT2D eigenvalue weighted by molar-refractivity contribution is 0.815. The van der Waals surface area contributed by atoms with Crippen LogP contribution in [0.5, 0.6) is 0 Å². The van der Waals surface area contributed by atoms with Gasteiger partial charge < -0.3 is 0 Å². The summed E-state index contributed by atoms with van der Waals surface area (Å²) in [5, 5.41) is 0. The molecule has 0 fully saturated rings. The fourth-order valence-corrected chi connectivity index (χ4v) is 1.22. The van der Waals surface area contributed by atoms with Gasteiger partial charge in [-0.1, -0.05) is 25.8 Å². The highest BCUT2D eigenvalue weighted by Crippen LogP contribution is 1.95. The van der Waals surface area contributed by atoms with Crippen molar-refractivity contribution in [1.29, 1.82) is 0 Å². The van der Waals surface area contributed by atoms with E-state index in [4.69, 9.17) is 15.5 Å². The Morgan fingerprint density at radius 1 is 1.06 bits per heavy atom. The molecule has 0 unspecified atom stereocenters. The van der Waals surface area contributed by atoms with Crippen molar-refractivity contribution in [2.45, 2.75) is 26.2 Å². The second-order valence-electron chi connectivity index (χ2n) is 3.49. The summed E-state index contributed by atoms with van der Waals surface area (Å²) in [7, 11) is 23.4. The van der Waals surface area contributed by atoms with E-state index in [1.165, 1.54) is 19.9 Å². The summed E-state index contributed by atoms with van der Waals surface area (Å²) < 4.78 is 0. The fraction of sp³-hybridized carbons (Fsp3) is 0.667. The third-order valence-electron chi connectivity index (χ3n) is 2.08. The molecule has 0 saturated heterocycles. The minimum atomic E-state index is 0.285. The first kappa shape index (κ1) is 16.4. The Morgan fingerprint density at radius 2 is 1.75 bits per heavy atom. The van der Waals surface area contributed by atoms with E-state index in [-0.39, 0.29) is 6.49 Å². The van der Waals surface area contributed by atoms with Crippen LogP contribution in [0.2, 0.25) is 0 Å². The Bertz CT molecular complexity index is 161. The van der Waals surface area contributed by atoms with Crippen LogP contribution in [0.25, 0.3) is 0 Å². The molecule has 0 N–H and O–H groups in total. The molecule has 0 bridgehead atoms. The molecule has 10 heteroatoms. The summed E-state index contributed by atoms with van der Waals surface area (Å²) >= 11 is 0. The van der Waals surface area contributed by atoms with Gasteiger partial charge in [-0.2, -0.15) is 0 Å². The maximum atomic E-state index is 5.31. The molecule has 0 saturated carbocycles. The number of allylic oxidation sites excluding steroid dienone is 1. The van der Waals surface area contributed by atoms with Gasteiger partial charge >= 0.3 is 0 Å². The highest BCUT2D eigenvalue weighted by Gasteiger charge is 2.08. The summed E-state index contributed by atoms with van der Waals surface area (Å²) in [6.45, 7) is 2.48. The van der Waals surface area contributed by atoms with Gasteiger partial charge in [0.2, 0.25) is 0 Å². The van der Waals surface area contributed by atoms with E-state index < -0.39 is 0 Å². The van der Waals surface area contributed by atoms with Crippen LogP contribution < -0.4 is 0 Å². The molecular weight excluding hydrogens is 180 g/mol. The van der Waals surface area contributed by atoms with E-state index in [9.17, 15) is 0 Å². The molecule has 0 aromatic heterocycles. The monoisotopic (exact) mass is 193 g/mol. The van der Waals surface area contributed by atoms with E-state index in [0.29, 0.717) is 0 Å². The Hall–Kier alpha value is 0.389. The van der Waals surface area contributed by atoms with Gasteiger partial charge in [-0.15, -0.1) is 5.98 Å². The zero-order valence-corrected chi connectivity index (χ0v) is 10.0. The number of unbranched alkanes of at least 4 members (excludes halogenated alkanes) is 2. The van der Waals surface area contributed by atoms with Gasteiger partial charge in [-0.25, -0.2) is 0 Å². The fourth-order valence-electron chi connectivity index (χ4n) is 1.22. The molecule has 0 aliphatic rings. The predicted molar refractivity (Wildman–Crippen MR) is 86.2 cm³/mol. The van der Waals surface area contributed by atoms with Crippen molar-refractivity contribution >= 4 is 71.4 Å². The Balaban J connectivity index is 3.74. The number of hydrogen-bond acceptors (Lipinski definition) is 0. The Kier molecular flexibility index (Phi) is 13.8. The smallest absolute Gasteiger partial charge is 0.0708 e. The standard InChI is InChI=1S/C6H11B10/c1-2-3-4-5-6-16(14-12-10-8)15-13-11-9-7/h5-6H,2-4H2,1H3. The van der Waals surface area contributed by atoms with Gasteiger partial charge in [-0.3, -0.25) is 0 Å².